The molecule has 0 spiro atoms. The van der Waals surface area contributed by atoms with Crippen LogP contribution in [0.1, 0.15) is 22.3 Å². The average Bonchev–Trinajstić information content (AvgIpc) is 2.88. The molecule has 1 aliphatic heterocycles. The topological polar surface area (TPSA) is 57.6 Å². The molecule has 0 aromatic heterocycles. The lowest BCUT2D eigenvalue weighted by atomic mass is 9.96. The third-order valence-corrected chi connectivity index (χ3v) is 4.58. The van der Waals surface area contributed by atoms with Crippen LogP contribution in [0.3, 0.4) is 0 Å². The van der Waals surface area contributed by atoms with Crippen molar-refractivity contribution < 1.29 is 27.9 Å². The van der Waals surface area contributed by atoms with E-state index in [1.54, 1.807) is 0 Å². The Labute approximate surface area is 138 Å². The van der Waals surface area contributed by atoms with Gasteiger partial charge in [-0.3, -0.25) is 9.59 Å². The minimum Gasteiger partial charge on any atom is -0.481 e. The van der Waals surface area contributed by atoms with Gasteiger partial charge in [-0.2, -0.15) is 13.2 Å². The van der Waals surface area contributed by atoms with Gasteiger partial charge in [-0.15, -0.1) is 0 Å². The maximum atomic E-state index is 13.0. The monoisotopic (exact) mass is 343 g/mol. The number of alkyl halides is 3. The lowest BCUT2D eigenvalue weighted by Crippen LogP contribution is -2.34. The van der Waals surface area contributed by atoms with Crippen LogP contribution in [0.25, 0.3) is 0 Å². The standard InChI is InChI=1S/C17H20F3NO3/c1-9-4-10(2)12(11(3)5-9)6-15(22)21-7-13(16(23)24)14(8-21)17(18,19)20/h4-5,13-14H,6-8H2,1-3H3,(H,23,24)/t13-,14-/m1/s1. The maximum Gasteiger partial charge on any atom is 0.394 e. The fraction of sp³-hybridized carbons (Fsp3) is 0.529. The molecule has 0 unspecified atom stereocenters. The molecule has 1 aromatic rings. The highest BCUT2D eigenvalue weighted by molar-refractivity contribution is 5.81. The number of carboxylic acids is 1. The predicted octanol–water partition coefficient (Wildman–Crippen LogP) is 2.88. The highest BCUT2D eigenvalue weighted by atomic mass is 19.4. The summed E-state index contributed by atoms with van der Waals surface area (Å²) >= 11 is 0. The van der Waals surface area contributed by atoms with E-state index in [1.165, 1.54) is 0 Å². The van der Waals surface area contributed by atoms with E-state index in [2.05, 4.69) is 0 Å². The van der Waals surface area contributed by atoms with E-state index in [-0.39, 0.29) is 6.42 Å². The average molecular weight is 343 g/mol. The van der Waals surface area contributed by atoms with Crippen LogP contribution in [-0.4, -0.2) is 41.1 Å². The summed E-state index contributed by atoms with van der Waals surface area (Å²) in [6, 6.07) is 3.83. The van der Waals surface area contributed by atoms with Crippen LogP contribution in [0.2, 0.25) is 0 Å². The van der Waals surface area contributed by atoms with E-state index < -0.39 is 43.0 Å². The first-order chi connectivity index (χ1) is 11.0. The zero-order valence-electron chi connectivity index (χ0n) is 13.8. The molecule has 1 heterocycles. The lowest BCUT2D eigenvalue weighted by molar-refractivity contribution is -0.188. The van der Waals surface area contributed by atoms with Gasteiger partial charge in [-0.1, -0.05) is 17.7 Å². The van der Waals surface area contributed by atoms with Crippen LogP contribution in [-0.2, 0) is 16.0 Å². The Bertz CT molecular complexity index is 647. The Hall–Kier alpha value is -2.05. The van der Waals surface area contributed by atoms with E-state index in [4.69, 9.17) is 5.11 Å². The first-order valence-corrected chi connectivity index (χ1v) is 7.64. The van der Waals surface area contributed by atoms with Gasteiger partial charge in [-0.25, -0.2) is 0 Å². The number of hydrogen-bond acceptors (Lipinski definition) is 2. The zero-order valence-corrected chi connectivity index (χ0v) is 13.8. The van der Waals surface area contributed by atoms with Crippen LogP contribution >= 0.6 is 0 Å². The van der Waals surface area contributed by atoms with Crippen molar-refractivity contribution in [3.05, 3.63) is 34.4 Å². The molecule has 0 aliphatic carbocycles. The van der Waals surface area contributed by atoms with Gasteiger partial charge in [-0.05, 0) is 37.5 Å². The highest BCUT2D eigenvalue weighted by Crippen LogP contribution is 2.38. The summed E-state index contributed by atoms with van der Waals surface area (Å²) in [5.41, 5.74) is 3.64. The molecule has 1 aliphatic rings. The Kier molecular flexibility index (Phi) is 4.92. The molecule has 24 heavy (non-hydrogen) atoms. The fourth-order valence-corrected chi connectivity index (χ4v) is 3.34. The van der Waals surface area contributed by atoms with Gasteiger partial charge >= 0.3 is 12.1 Å². The third kappa shape index (κ3) is 3.71. The number of amides is 1. The molecule has 1 N–H and O–H groups in total. The smallest absolute Gasteiger partial charge is 0.394 e. The van der Waals surface area contributed by atoms with Crippen LogP contribution in [0, 0.1) is 32.6 Å². The van der Waals surface area contributed by atoms with E-state index >= 15 is 0 Å². The maximum absolute atomic E-state index is 13.0. The third-order valence-electron chi connectivity index (χ3n) is 4.58. The summed E-state index contributed by atoms with van der Waals surface area (Å²) in [6.07, 6.45) is -4.65. The van der Waals surface area contributed by atoms with Crippen molar-refractivity contribution in [2.24, 2.45) is 11.8 Å². The Balaban J connectivity index is 2.18. The van der Waals surface area contributed by atoms with Gasteiger partial charge < -0.3 is 10.0 Å². The molecule has 0 radical (unpaired) electrons. The van der Waals surface area contributed by atoms with Crippen molar-refractivity contribution in [1.82, 2.24) is 4.90 Å². The van der Waals surface area contributed by atoms with Gasteiger partial charge in [0.25, 0.3) is 0 Å². The molecule has 1 aromatic carbocycles. The SMILES string of the molecule is Cc1cc(C)c(CC(=O)N2C[C@@H](C(F)(F)F)[C@H](C(=O)O)C2)c(C)c1. The fourth-order valence-electron chi connectivity index (χ4n) is 3.34. The quantitative estimate of drug-likeness (QED) is 0.918. The minimum absolute atomic E-state index is 0.0190. The Morgan fingerprint density at radius 3 is 2.12 bits per heavy atom. The molecule has 2 rings (SSSR count). The highest BCUT2D eigenvalue weighted by Gasteiger charge is 2.53. The molecular formula is C17H20F3NO3. The van der Waals surface area contributed by atoms with Gasteiger partial charge in [0.2, 0.25) is 5.91 Å². The summed E-state index contributed by atoms with van der Waals surface area (Å²) in [5, 5.41) is 9.02. The normalized spacial score (nSPS) is 21.2. The van der Waals surface area contributed by atoms with Gasteiger partial charge in [0.1, 0.15) is 0 Å². The number of carbonyl (C=O) groups is 2. The largest absolute Gasteiger partial charge is 0.481 e. The van der Waals surface area contributed by atoms with E-state index in [1.807, 2.05) is 32.9 Å². The van der Waals surface area contributed by atoms with Crippen LogP contribution in [0.5, 0.6) is 0 Å². The Morgan fingerprint density at radius 1 is 1.17 bits per heavy atom. The first-order valence-electron chi connectivity index (χ1n) is 7.64. The molecular weight excluding hydrogens is 323 g/mol. The van der Waals surface area contributed by atoms with E-state index in [0.29, 0.717) is 0 Å². The minimum atomic E-state index is -4.63. The number of aliphatic carboxylic acids is 1. The predicted molar refractivity (Wildman–Crippen MR) is 81.6 cm³/mol. The molecule has 0 bridgehead atoms. The molecule has 2 atom stereocenters. The Morgan fingerprint density at radius 2 is 1.71 bits per heavy atom. The first kappa shape index (κ1) is 18.3. The van der Waals surface area contributed by atoms with Gasteiger partial charge in [0.15, 0.2) is 0 Å². The van der Waals surface area contributed by atoms with Crippen molar-refractivity contribution in [3.63, 3.8) is 0 Å². The van der Waals surface area contributed by atoms with Crippen molar-refractivity contribution >= 4 is 11.9 Å². The summed E-state index contributed by atoms with van der Waals surface area (Å²) in [7, 11) is 0. The molecule has 1 saturated heterocycles. The zero-order chi connectivity index (χ0) is 18.2. The van der Waals surface area contributed by atoms with Crippen LogP contribution in [0.15, 0.2) is 12.1 Å². The number of carboxylic acid groups (broad SMARTS) is 1. The van der Waals surface area contributed by atoms with Crippen molar-refractivity contribution in [2.45, 2.75) is 33.4 Å². The molecule has 1 fully saturated rings. The lowest BCUT2D eigenvalue weighted by Gasteiger charge is -2.19. The van der Waals surface area contributed by atoms with E-state index in [9.17, 15) is 22.8 Å². The van der Waals surface area contributed by atoms with Crippen molar-refractivity contribution in [1.29, 1.82) is 0 Å². The van der Waals surface area contributed by atoms with Crippen LogP contribution < -0.4 is 0 Å². The van der Waals surface area contributed by atoms with Crippen molar-refractivity contribution in [3.8, 4) is 0 Å². The summed E-state index contributed by atoms with van der Waals surface area (Å²) < 4.78 is 39.0. The second-order valence-corrected chi connectivity index (χ2v) is 6.45. The van der Waals surface area contributed by atoms with E-state index in [0.717, 1.165) is 27.2 Å². The number of rotatable bonds is 3. The number of likely N-dealkylation sites (tertiary alicyclic amines) is 1. The molecule has 1 amide bonds. The second kappa shape index (κ2) is 6.45. The van der Waals surface area contributed by atoms with Crippen molar-refractivity contribution in [2.75, 3.05) is 13.1 Å². The number of benzene rings is 1. The van der Waals surface area contributed by atoms with Crippen LogP contribution in [0.4, 0.5) is 13.2 Å². The molecule has 7 heteroatoms. The summed E-state index contributed by atoms with van der Waals surface area (Å²) in [4.78, 5) is 24.5. The summed E-state index contributed by atoms with van der Waals surface area (Å²) in [6.45, 7) is 4.64. The number of aryl methyl sites for hydroxylation is 3. The van der Waals surface area contributed by atoms with Gasteiger partial charge in [0, 0.05) is 13.1 Å². The number of carbonyl (C=O) groups excluding carboxylic acids is 1. The second-order valence-electron chi connectivity index (χ2n) is 6.45. The number of hydrogen-bond donors (Lipinski definition) is 1. The molecule has 0 saturated carbocycles. The summed E-state index contributed by atoms with van der Waals surface area (Å²) in [5.74, 6) is -5.60. The molecule has 132 valence electrons. The molecule has 4 nitrogen and oxygen atoms in total. The van der Waals surface area contributed by atoms with Gasteiger partial charge in [0.05, 0.1) is 18.3 Å². The number of nitrogens with zero attached hydrogens (tertiary/aromatic N) is 1. The number of halogens is 3.